The maximum absolute atomic E-state index is 13.5. The lowest BCUT2D eigenvalue weighted by atomic mass is 9.94. The summed E-state index contributed by atoms with van der Waals surface area (Å²) in [4.78, 5) is 30.6. The van der Waals surface area contributed by atoms with Crippen LogP contribution in [0.4, 0.5) is 11.4 Å². The number of halogens is 1. The molecule has 3 aromatic carbocycles. The predicted molar refractivity (Wildman–Crippen MR) is 148 cm³/mol. The van der Waals surface area contributed by atoms with Crippen LogP contribution in [0, 0.1) is 0 Å². The molecular formula is C29H29BrN2O5. The molecule has 0 radical (unpaired) electrons. The molecule has 0 aliphatic carbocycles. The van der Waals surface area contributed by atoms with E-state index in [-0.39, 0.29) is 11.3 Å². The number of ether oxygens (including phenoxy) is 2. The highest BCUT2D eigenvalue weighted by molar-refractivity contribution is 9.10. The van der Waals surface area contributed by atoms with Crippen LogP contribution in [0.1, 0.15) is 31.0 Å². The van der Waals surface area contributed by atoms with Gasteiger partial charge in [0.1, 0.15) is 17.3 Å². The molecule has 0 saturated carbocycles. The van der Waals surface area contributed by atoms with Crippen LogP contribution in [0.3, 0.4) is 0 Å². The molecule has 3 aromatic rings. The van der Waals surface area contributed by atoms with Gasteiger partial charge in [-0.2, -0.15) is 0 Å². The van der Waals surface area contributed by atoms with E-state index in [1.165, 1.54) is 12.0 Å². The lowest BCUT2D eigenvalue weighted by molar-refractivity contribution is -0.132. The minimum atomic E-state index is -0.858. The number of anilines is 2. The third-order valence-electron chi connectivity index (χ3n) is 6.55. The monoisotopic (exact) mass is 564 g/mol. The Labute approximate surface area is 225 Å². The molecular weight excluding hydrogens is 536 g/mol. The van der Waals surface area contributed by atoms with Crippen molar-refractivity contribution in [2.45, 2.75) is 19.9 Å². The Bertz CT molecular complexity index is 1350. The van der Waals surface area contributed by atoms with Crippen molar-refractivity contribution in [1.82, 2.24) is 0 Å². The van der Waals surface area contributed by atoms with Crippen LogP contribution in [-0.4, -0.2) is 44.1 Å². The summed E-state index contributed by atoms with van der Waals surface area (Å²) in [5, 5.41) is 11.4. The molecule has 0 aromatic heterocycles. The van der Waals surface area contributed by atoms with E-state index in [0.29, 0.717) is 32.8 Å². The van der Waals surface area contributed by atoms with E-state index in [1.807, 2.05) is 24.3 Å². The topological polar surface area (TPSA) is 79.3 Å². The summed E-state index contributed by atoms with van der Waals surface area (Å²) < 4.78 is 11.4. The molecule has 0 spiro atoms. The summed E-state index contributed by atoms with van der Waals surface area (Å²) in [6, 6.07) is 18.9. The van der Waals surface area contributed by atoms with E-state index in [4.69, 9.17) is 9.47 Å². The molecule has 1 fully saturated rings. The van der Waals surface area contributed by atoms with Gasteiger partial charge in [-0.15, -0.1) is 0 Å². The van der Waals surface area contributed by atoms with Gasteiger partial charge in [-0.25, -0.2) is 0 Å². The van der Waals surface area contributed by atoms with Crippen LogP contribution < -0.4 is 19.3 Å². The second kappa shape index (κ2) is 11.1. The molecule has 1 amide bonds. The second-order valence-corrected chi connectivity index (χ2v) is 9.31. The van der Waals surface area contributed by atoms with Crippen molar-refractivity contribution in [3.05, 3.63) is 87.9 Å². The lowest BCUT2D eigenvalue weighted by Crippen LogP contribution is -2.30. The SMILES string of the molecule is CCN(CC)c1ccc(C2/C(=C(/O)c3ccc(OC)c(Br)c3)C(=O)C(=O)N2c2ccccc2OC)cc1. The van der Waals surface area contributed by atoms with Gasteiger partial charge in [0.05, 0.1) is 36.0 Å². The number of ketones is 1. The number of nitrogens with zero attached hydrogens (tertiary/aromatic N) is 2. The van der Waals surface area contributed by atoms with Crippen molar-refractivity contribution in [2.24, 2.45) is 0 Å². The van der Waals surface area contributed by atoms with Gasteiger partial charge in [-0.3, -0.25) is 14.5 Å². The molecule has 4 rings (SSSR count). The number of Topliss-reactive ketones (excluding diaryl/α,β-unsaturated/α-hetero) is 1. The molecule has 192 valence electrons. The first-order valence-corrected chi connectivity index (χ1v) is 12.8. The van der Waals surface area contributed by atoms with E-state index >= 15 is 0 Å². The average molecular weight is 565 g/mol. The van der Waals surface area contributed by atoms with E-state index < -0.39 is 17.7 Å². The van der Waals surface area contributed by atoms with Gasteiger partial charge >= 0.3 is 0 Å². The number of amides is 1. The number of aliphatic hydroxyl groups excluding tert-OH is 1. The molecule has 37 heavy (non-hydrogen) atoms. The van der Waals surface area contributed by atoms with Crippen LogP contribution in [0.15, 0.2) is 76.8 Å². The molecule has 7 nitrogen and oxygen atoms in total. The quantitative estimate of drug-likeness (QED) is 0.207. The van der Waals surface area contributed by atoms with Crippen molar-refractivity contribution in [3.8, 4) is 11.5 Å². The largest absolute Gasteiger partial charge is 0.507 e. The Morgan fingerprint density at radius 1 is 0.946 bits per heavy atom. The van der Waals surface area contributed by atoms with Crippen molar-refractivity contribution >= 4 is 44.8 Å². The normalized spacial score (nSPS) is 16.7. The summed E-state index contributed by atoms with van der Waals surface area (Å²) >= 11 is 3.43. The Morgan fingerprint density at radius 2 is 1.59 bits per heavy atom. The van der Waals surface area contributed by atoms with Crippen LogP contribution in [0.2, 0.25) is 0 Å². The summed E-state index contributed by atoms with van der Waals surface area (Å²) in [6.45, 7) is 5.87. The number of carbonyl (C=O) groups is 2. The van der Waals surface area contributed by atoms with Gasteiger partial charge in [0.25, 0.3) is 11.7 Å². The highest BCUT2D eigenvalue weighted by Crippen LogP contribution is 2.45. The van der Waals surface area contributed by atoms with Gasteiger partial charge in [-0.1, -0.05) is 24.3 Å². The summed E-state index contributed by atoms with van der Waals surface area (Å²) in [5.74, 6) is -0.752. The van der Waals surface area contributed by atoms with E-state index in [1.54, 1.807) is 49.6 Å². The third kappa shape index (κ3) is 4.81. The molecule has 1 saturated heterocycles. The molecule has 8 heteroatoms. The van der Waals surface area contributed by atoms with Crippen LogP contribution in [0.25, 0.3) is 5.76 Å². The smallest absolute Gasteiger partial charge is 0.300 e. The molecule has 1 unspecified atom stereocenters. The van der Waals surface area contributed by atoms with Crippen molar-refractivity contribution in [3.63, 3.8) is 0 Å². The van der Waals surface area contributed by atoms with Gasteiger partial charge in [-0.05, 0) is 77.8 Å². The fraction of sp³-hybridized carbons (Fsp3) is 0.241. The van der Waals surface area contributed by atoms with Crippen LogP contribution in [0.5, 0.6) is 11.5 Å². The standard InChI is InChI=1S/C29H29BrN2O5/c1-5-31(6-2)20-14-11-18(12-15-20)26-25(27(33)19-13-16-23(36-3)21(30)17-19)28(34)29(35)32(26)22-9-7-8-10-24(22)37-4/h7-17,26,33H,5-6H2,1-4H3/b27-25-. The number of para-hydroxylation sites is 2. The number of carbonyl (C=O) groups excluding carboxylic acids is 2. The first-order valence-electron chi connectivity index (χ1n) is 12.0. The van der Waals surface area contributed by atoms with Crippen molar-refractivity contribution < 1.29 is 24.2 Å². The number of benzene rings is 3. The second-order valence-electron chi connectivity index (χ2n) is 8.45. The summed E-state index contributed by atoms with van der Waals surface area (Å²) in [5.41, 5.74) is 2.55. The Hall–Kier alpha value is -3.78. The lowest BCUT2D eigenvalue weighted by Gasteiger charge is -2.27. The zero-order valence-electron chi connectivity index (χ0n) is 21.2. The number of rotatable bonds is 8. The fourth-order valence-electron chi connectivity index (χ4n) is 4.65. The van der Waals surface area contributed by atoms with Crippen molar-refractivity contribution in [1.29, 1.82) is 0 Å². The van der Waals surface area contributed by atoms with Crippen LogP contribution >= 0.6 is 15.9 Å². The van der Waals surface area contributed by atoms with Crippen LogP contribution in [-0.2, 0) is 9.59 Å². The first-order chi connectivity index (χ1) is 17.9. The highest BCUT2D eigenvalue weighted by Gasteiger charge is 2.47. The van der Waals surface area contributed by atoms with Gasteiger partial charge < -0.3 is 19.5 Å². The Kier molecular flexibility index (Phi) is 7.88. The molecule has 1 aliphatic heterocycles. The molecule has 1 N–H and O–H groups in total. The number of methoxy groups -OCH3 is 2. The zero-order chi connectivity index (χ0) is 26.7. The van der Waals surface area contributed by atoms with E-state index in [9.17, 15) is 14.7 Å². The average Bonchev–Trinajstić information content (AvgIpc) is 3.19. The first kappa shape index (κ1) is 26.3. The summed E-state index contributed by atoms with van der Waals surface area (Å²) in [6.07, 6.45) is 0. The zero-order valence-corrected chi connectivity index (χ0v) is 22.8. The number of hydrogen-bond acceptors (Lipinski definition) is 6. The maximum atomic E-state index is 13.5. The molecule has 1 aliphatic rings. The molecule has 0 bridgehead atoms. The Balaban J connectivity index is 1.93. The van der Waals surface area contributed by atoms with Crippen molar-refractivity contribution in [2.75, 3.05) is 37.1 Å². The highest BCUT2D eigenvalue weighted by atomic mass is 79.9. The van der Waals surface area contributed by atoms with Gasteiger partial charge in [0, 0.05) is 24.3 Å². The molecule has 1 heterocycles. The Morgan fingerprint density at radius 3 is 2.19 bits per heavy atom. The minimum absolute atomic E-state index is 0.00330. The third-order valence-corrected chi connectivity index (χ3v) is 7.17. The fourth-order valence-corrected chi connectivity index (χ4v) is 5.19. The van der Waals surface area contributed by atoms with E-state index in [0.717, 1.165) is 18.8 Å². The summed E-state index contributed by atoms with van der Waals surface area (Å²) in [7, 11) is 3.05. The van der Waals surface area contributed by atoms with Gasteiger partial charge in [0.2, 0.25) is 0 Å². The minimum Gasteiger partial charge on any atom is -0.507 e. The number of hydrogen-bond donors (Lipinski definition) is 1. The van der Waals surface area contributed by atoms with Gasteiger partial charge in [0.15, 0.2) is 0 Å². The van der Waals surface area contributed by atoms with E-state index in [2.05, 4.69) is 34.7 Å². The predicted octanol–water partition coefficient (Wildman–Crippen LogP) is 5.94. The number of aliphatic hydroxyl groups is 1. The maximum Gasteiger partial charge on any atom is 0.300 e. The molecule has 1 atom stereocenters.